The molecule has 1 saturated heterocycles. The van der Waals surface area contributed by atoms with E-state index in [4.69, 9.17) is 4.74 Å². The van der Waals surface area contributed by atoms with Crippen LogP contribution in [0.5, 0.6) is 0 Å². The summed E-state index contributed by atoms with van der Waals surface area (Å²) in [5.41, 5.74) is -2.17. The minimum Gasteiger partial charge on any atom is -0.386 e. The molecule has 1 aliphatic heterocycles. The molecule has 20 heavy (non-hydrogen) atoms. The third-order valence-corrected chi connectivity index (χ3v) is 2.98. The smallest absolute Gasteiger partial charge is 0.386 e. The van der Waals surface area contributed by atoms with Gasteiger partial charge in [0, 0.05) is 25.8 Å². The molecule has 1 aromatic rings. The highest BCUT2D eigenvalue weighted by Crippen LogP contribution is 2.27. The maximum atomic E-state index is 12.3. The minimum atomic E-state index is -4.54. The lowest BCUT2D eigenvalue weighted by atomic mass is 10.0. The Morgan fingerprint density at radius 3 is 2.75 bits per heavy atom. The molecule has 1 aliphatic rings. The summed E-state index contributed by atoms with van der Waals surface area (Å²) in [5, 5.41) is 12.4. The summed E-state index contributed by atoms with van der Waals surface area (Å²) >= 11 is 0. The molecule has 1 unspecified atom stereocenters. The van der Waals surface area contributed by atoms with Gasteiger partial charge in [0.1, 0.15) is 11.3 Å². The Hall–Kier alpha value is -1.67. The number of ether oxygens (including phenoxy) is 1. The molecule has 2 heterocycles. The highest BCUT2D eigenvalue weighted by Gasteiger charge is 2.33. The van der Waals surface area contributed by atoms with Crippen molar-refractivity contribution in [1.29, 1.82) is 0 Å². The van der Waals surface area contributed by atoms with E-state index < -0.39 is 23.4 Å². The molecule has 2 N–H and O–H groups in total. The number of aromatic nitrogens is 1. The summed E-state index contributed by atoms with van der Waals surface area (Å²) in [5.74, 6) is -0.591. The number of alkyl halides is 3. The van der Waals surface area contributed by atoms with Crippen molar-refractivity contribution in [2.75, 3.05) is 19.8 Å². The van der Waals surface area contributed by atoms with Crippen molar-refractivity contribution in [3.05, 3.63) is 29.6 Å². The Labute approximate surface area is 112 Å². The van der Waals surface area contributed by atoms with Gasteiger partial charge in [0.15, 0.2) is 0 Å². The van der Waals surface area contributed by atoms with Gasteiger partial charge >= 0.3 is 6.18 Å². The van der Waals surface area contributed by atoms with E-state index in [2.05, 4.69) is 10.3 Å². The van der Waals surface area contributed by atoms with Crippen molar-refractivity contribution < 1.29 is 27.8 Å². The lowest BCUT2D eigenvalue weighted by molar-refractivity contribution is -0.141. The van der Waals surface area contributed by atoms with Crippen LogP contribution in [0.25, 0.3) is 0 Å². The first-order valence-electron chi connectivity index (χ1n) is 5.92. The van der Waals surface area contributed by atoms with Crippen LogP contribution in [0.2, 0.25) is 0 Å². The van der Waals surface area contributed by atoms with Crippen molar-refractivity contribution in [3.8, 4) is 0 Å². The maximum absolute atomic E-state index is 12.3. The standard InChI is InChI=1S/C12H13F3N2O3/c13-12(14,15)9-2-1-8(5-16-9)10(18)17-6-11(19)3-4-20-7-11/h1-2,5,19H,3-4,6-7H2,(H,17,18). The first kappa shape index (κ1) is 14.7. The number of rotatable bonds is 3. The van der Waals surface area contributed by atoms with Crippen molar-refractivity contribution in [2.45, 2.75) is 18.2 Å². The second-order valence-electron chi connectivity index (χ2n) is 4.64. The molecular weight excluding hydrogens is 277 g/mol. The molecule has 110 valence electrons. The first-order valence-corrected chi connectivity index (χ1v) is 5.92. The third-order valence-electron chi connectivity index (χ3n) is 2.98. The number of pyridine rings is 1. The number of amides is 1. The Bertz CT molecular complexity index is 482. The van der Waals surface area contributed by atoms with Gasteiger partial charge in [-0.25, -0.2) is 0 Å². The number of halogens is 3. The molecule has 0 aromatic carbocycles. The predicted octanol–water partition coefficient (Wildman–Crippen LogP) is 0.982. The molecule has 2 rings (SSSR count). The molecule has 0 bridgehead atoms. The Morgan fingerprint density at radius 1 is 1.50 bits per heavy atom. The van der Waals surface area contributed by atoms with Gasteiger partial charge in [0.25, 0.3) is 5.91 Å². The fourth-order valence-corrected chi connectivity index (χ4v) is 1.78. The quantitative estimate of drug-likeness (QED) is 0.870. The summed E-state index contributed by atoms with van der Waals surface area (Å²) in [4.78, 5) is 14.9. The Morgan fingerprint density at radius 2 is 2.25 bits per heavy atom. The molecule has 1 atom stereocenters. The van der Waals surface area contributed by atoms with E-state index in [0.717, 1.165) is 18.3 Å². The van der Waals surface area contributed by atoms with Gasteiger partial charge in [-0.1, -0.05) is 0 Å². The van der Waals surface area contributed by atoms with Gasteiger partial charge in [0.05, 0.1) is 12.2 Å². The molecular formula is C12H13F3N2O3. The highest BCUT2D eigenvalue weighted by atomic mass is 19.4. The fraction of sp³-hybridized carbons (Fsp3) is 0.500. The number of nitrogens with one attached hydrogen (secondary N) is 1. The monoisotopic (exact) mass is 290 g/mol. The van der Waals surface area contributed by atoms with E-state index in [-0.39, 0.29) is 18.7 Å². The van der Waals surface area contributed by atoms with Crippen LogP contribution in [-0.2, 0) is 10.9 Å². The number of carbonyl (C=O) groups excluding carboxylic acids is 1. The largest absolute Gasteiger partial charge is 0.433 e. The Kier molecular flexibility index (Phi) is 3.96. The van der Waals surface area contributed by atoms with Crippen LogP contribution < -0.4 is 5.32 Å². The fourth-order valence-electron chi connectivity index (χ4n) is 1.78. The number of hydrogen-bond donors (Lipinski definition) is 2. The zero-order chi connectivity index (χ0) is 14.8. The van der Waals surface area contributed by atoms with Crippen LogP contribution >= 0.6 is 0 Å². The molecule has 0 radical (unpaired) electrons. The summed E-state index contributed by atoms with van der Waals surface area (Å²) in [6.45, 7) is 0.513. The summed E-state index contributed by atoms with van der Waals surface area (Å²) in [6.07, 6.45) is -3.28. The van der Waals surface area contributed by atoms with Gasteiger partial charge in [-0.3, -0.25) is 9.78 Å². The summed E-state index contributed by atoms with van der Waals surface area (Å²) in [7, 11) is 0. The zero-order valence-electron chi connectivity index (χ0n) is 10.4. The maximum Gasteiger partial charge on any atom is 0.433 e. The lowest BCUT2D eigenvalue weighted by Crippen LogP contribution is -2.43. The van der Waals surface area contributed by atoms with Crippen molar-refractivity contribution in [1.82, 2.24) is 10.3 Å². The number of hydrogen-bond acceptors (Lipinski definition) is 4. The van der Waals surface area contributed by atoms with Gasteiger partial charge < -0.3 is 15.2 Å². The molecule has 0 aliphatic carbocycles. The van der Waals surface area contributed by atoms with Crippen LogP contribution in [0.3, 0.4) is 0 Å². The molecule has 0 saturated carbocycles. The molecule has 1 fully saturated rings. The third kappa shape index (κ3) is 3.45. The van der Waals surface area contributed by atoms with Gasteiger partial charge in [-0.15, -0.1) is 0 Å². The first-order chi connectivity index (χ1) is 9.30. The van der Waals surface area contributed by atoms with Crippen LogP contribution in [-0.4, -0.2) is 41.4 Å². The molecule has 0 spiro atoms. The molecule has 5 nitrogen and oxygen atoms in total. The number of aliphatic hydroxyl groups is 1. The SMILES string of the molecule is O=C(NCC1(O)CCOC1)c1ccc(C(F)(F)F)nc1. The van der Waals surface area contributed by atoms with Crippen molar-refractivity contribution in [3.63, 3.8) is 0 Å². The normalized spacial score (nSPS) is 22.8. The lowest BCUT2D eigenvalue weighted by Gasteiger charge is -2.20. The zero-order valence-corrected chi connectivity index (χ0v) is 10.4. The van der Waals surface area contributed by atoms with Gasteiger partial charge in [-0.2, -0.15) is 13.2 Å². The van der Waals surface area contributed by atoms with Crippen LogP contribution in [0.4, 0.5) is 13.2 Å². The summed E-state index contributed by atoms with van der Waals surface area (Å²) in [6, 6.07) is 1.78. The van der Waals surface area contributed by atoms with E-state index in [9.17, 15) is 23.1 Å². The molecule has 8 heteroatoms. The van der Waals surface area contributed by atoms with E-state index in [0.29, 0.717) is 13.0 Å². The van der Waals surface area contributed by atoms with Gasteiger partial charge in [-0.05, 0) is 12.1 Å². The van der Waals surface area contributed by atoms with E-state index in [1.54, 1.807) is 0 Å². The van der Waals surface area contributed by atoms with E-state index in [1.807, 2.05) is 0 Å². The second-order valence-corrected chi connectivity index (χ2v) is 4.64. The van der Waals surface area contributed by atoms with Crippen LogP contribution in [0.15, 0.2) is 18.3 Å². The molecule has 1 amide bonds. The second kappa shape index (κ2) is 5.37. The predicted molar refractivity (Wildman–Crippen MR) is 62.0 cm³/mol. The van der Waals surface area contributed by atoms with Crippen LogP contribution in [0, 0.1) is 0 Å². The highest BCUT2D eigenvalue weighted by molar-refractivity contribution is 5.93. The average molecular weight is 290 g/mol. The van der Waals surface area contributed by atoms with Crippen molar-refractivity contribution in [2.24, 2.45) is 0 Å². The minimum absolute atomic E-state index is 0.000477. The van der Waals surface area contributed by atoms with Crippen molar-refractivity contribution >= 4 is 5.91 Å². The van der Waals surface area contributed by atoms with Crippen LogP contribution in [0.1, 0.15) is 22.5 Å². The average Bonchev–Trinajstić information content (AvgIpc) is 2.83. The summed E-state index contributed by atoms with van der Waals surface area (Å²) < 4.78 is 42.0. The Balaban J connectivity index is 1.96. The van der Waals surface area contributed by atoms with E-state index >= 15 is 0 Å². The molecule has 1 aromatic heterocycles. The topological polar surface area (TPSA) is 71.5 Å². The number of carbonyl (C=O) groups is 1. The number of nitrogens with zero attached hydrogens (tertiary/aromatic N) is 1. The van der Waals surface area contributed by atoms with E-state index in [1.165, 1.54) is 0 Å². The van der Waals surface area contributed by atoms with Gasteiger partial charge in [0.2, 0.25) is 0 Å².